The number of methoxy groups -OCH3 is 1. The molecule has 0 heterocycles. The molecule has 4 nitrogen and oxygen atoms in total. The van der Waals surface area contributed by atoms with Crippen molar-refractivity contribution in [1.82, 2.24) is 10.2 Å². The van der Waals surface area contributed by atoms with Crippen LogP contribution in [0.25, 0.3) is 0 Å². The van der Waals surface area contributed by atoms with Gasteiger partial charge in [0.2, 0.25) is 0 Å². The number of amides is 2. The summed E-state index contributed by atoms with van der Waals surface area (Å²) in [6.07, 6.45) is 1.96. The van der Waals surface area contributed by atoms with Gasteiger partial charge in [0, 0.05) is 25.0 Å². The SMILES string of the molecule is CCCN(CCC)C(=O)NCC(C)(C)c1ccc(OC)cc1. The van der Waals surface area contributed by atoms with Crippen LogP contribution in [0.15, 0.2) is 24.3 Å². The van der Waals surface area contributed by atoms with Crippen LogP contribution in [0.1, 0.15) is 46.1 Å². The molecule has 1 aromatic rings. The van der Waals surface area contributed by atoms with Crippen LogP contribution in [0, 0.1) is 0 Å². The summed E-state index contributed by atoms with van der Waals surface area (Å²) >= 11 is 0. The first kappa shape index (κ1) is 18.3. The van der Waals surface area contributed by atoms with Crippen LogP contribution in [0.5, 0.6) is 5.75 Å². The number of nitrogens with one attached hydrogen (secondary N) is 1. The van der Waals surface area contributed by atoms with Gasteiger partial charge in [-0.05, 0) is 30.5 Å². The normalized spacial score (nSPS) is 11.1. The van der Waals surface area contributed by atoms with E-state index in [1.807, 2.05) is 17.0 Å². The summed E-state index contributed by atoms with van der Waals surface area (Å²) in [6, 6.07) is 8.06. The quantitative estimate of drug-likeness (QED) is 0.793. The molecule has 1 rings (SSSR count). The van der Waals surface area contributed by atoms with Gasteiger partial charge < -0.3 is 15.0 Å². The number of benzene rings is 1. The number of ether oxygens (including phenoxy) is 1. The number of urea groups is 1. The third-order valence-electron chi connectivity index (χ3n) is 3.83. The fraction of sp³-hybridized carbons (Fsp3) is 0.611. The molecule has 22 heavy (non-hydrogen) atoms. The molecule has 0 unspecified atom stereocenters. The van der Waals surface area contributed by atoms with Gasteiger partial charge in [0.25, 0.3) is 0 Å². The van der Waals surface area contributed by atoms with Crippen molar-refractivity contribution in [3.63, 3.8) is 0 Å². The summed E-state index contributed by atoms with van der Waals surface area (Å²) in [4.78, 5) is 14.2. The Bertz CT molecular complexity index is 449. The first-order valence-corrected chi connectivity index (χ1v) is 8.12. The Kier molecular flexibility index (Phi) is 7.22. The van der Waals surface area contributed by atoms with E-state index in [1.54, 1.807) is 7.11 Å². The second-order valence-electron chi connectivity index (χ2n) is 6.26. The number of rotatable bonds is 8. The topological polar surface area (TPSA) is 41.6 Å². The molecule has 0 radical (unpaired) electrons. The molecule has 4 heteroatoms. The maximum Gasteiger partial charge on any atom is 0.317 e. The Hall–Kier alpha value is -1.71. The van der Waals surface area contributed by atoms with Crippen molar-refractivity contribution >= 4 is 6.03 Å². The van der Waals surface area contributed by atoms with Crippen molar-refractivity contribution in [1.29, 1.82) is 0 Å². The smallest absolute Gasteiger partial charge is 0.317 e. The van der Waals surface area contributed by atoms with Crippen molar-refractivity contribution in [3.8, 4) is 5.75 Å². The van der Waals surface area contributed by atoms with Crippen LogP contribution >= 0.6 is 0 Å². The molecule has 124 valence electrons. The van der Waals surface area contributed by atoms with Crippen LogP contribution in [0.2, 0.25) is 0 Å². The van der Waals surface area contributed by atoms with E-state index in [-0.39, 0.29) is 11.4 Å². The summed E-state index contributed by atoms with van der Waals surface area (Å²) in [5.41, 5.74) is 1.07. The van der Waals surface area contributed by atoms with Gasteiger partial charge in [0.05, 0.1) is 7.11 Å². The van der Waals surface area contributed by atoms with E-state index in [9.17, 15) is 4.79 Å². The standard InChI is InChI=1S/C18H30N2O2/c1-6-12-20(13-7-2)17(21)19-14-18(3,4)15-8-10-16(22-5)11-9-15/h8-11H,6-7,12-14H2,1-5H3,(H,19,21). The van der Waals surface area contributed by atoms with Gasteiger partial charge in [-0.1, -0.05) is 39.8 Å². The van der Waals surface area contributed by atoms with Crippen LogP contribution in [-0.4, -0.2) is 37.7 Å². The van der Waals surface area contributed by atoms with Gasteiger partial charge in [-0.2, -0.15) is 0 Å². The first-order chi connectivity index (χ1) is 10.4. The van der Waals surface area contributed by atoms with Crippen LogP contribution in [0.3, 0.4) is 0 Å². The van der Waals surface area contributed by atoms with Gasteiger partial charge in [0.1, 0.15) is 5.75 Å². The number of carbonyl (C=O) groups is 1. The lowest BCUT2D eigenvalue weighted by Crippen LogP contribution is -2.45. The Morgan fingerprint density at radius 3 is 2.14 bits per heavy atom. The lowest BCUT2D eigenvalue weighted by molar-refractivity contribution is 0.195. The third-order valence-corrected chi connectivity index (χ3v) is 3.83. The molecule has 0 aliphatic carbocycles. The predicted molar refractivity (Wildman–Crippen MR) is 91.6 cm³/mol. The van der Waals surface area contributed by atoms with Crippen molar-refractivity contribution in [2.45, 2.75) is 46.0 Å². The molecule has 0 aliphatic rings. The summed E-state index contributed by atoms with van der Waals surface area (Å²) in [5, 5.41) is 3.08. The fourth-order valence-corrected chi connectivity index (χ4v) is 2.41. The van der Waals surface area contributed by atoms with Gasteiger partial charge in [-0.15, -0.1) is 0 Å². The maximum absolute atomic E-state index is 12.3. The molecule has 1 N–H and O–H groups in total. The minimum absolute atomic E-state index is 0.0327. The zero-order chi connectivity index (χ0) is 16.6. The van der Waals surface area contributed by atoms with Crippen molar-refractivity contribution < 1.29 is 9.53 Å². The number of nitrogens with zero attached hydrogens (tertiary/aromatic N) is 1. The second-order valence-corrected chi connectivity index (χ2v) is 6.26. The Morgan fingerprint density at radius 1 is 1.14 bits per heavy atom. The Morgan fingerprint density at radius 2 is 1.68 bits per heavy atom. The average molecular weight is 306 g/mol. The minimum atomic E-state index is -0.119. The zero-order valence-electron chi connectivity index (χ0n) is 14.6. The molecule has 0 aromatic heterocycles. The third kappa shape index (κ3) is 5.24. The van der Waals surface area contributed by atoms with Gasteiger partial charge in [-0.3, -0.25) is 0 Å². The highest BCUT2D eigenvalue weighted by Crippen LogP contribution is 2.24. The summed E-state index contributed by atoms with van der Waals surface area (Å²) in [6.45, 7) is 10.7. The largest absolute Gasteiger partial charge is 0.497 e. The van der Waals surface area contributed by atoms with Crippen LogP contribution < -0.4 is 10.1 Å². The van der Waals surface area contributed by atoms with E-state index in [1.165, 1.54) is 5.56 Å². The van der Waals surface area contributed by atoms with Crippen LogP contribution in [0.4, 0.5) is 4.79 Å². The van der Waals surface area contributed by atoms with Gasteiger partial charge in [0.15, 0.2) is 0 Å². The van der Waals surface area contributed by atoms with E-state index in [4.69, 9.17) is 4.74 Å². The molecule has 0 spiro atoms. The first-order valence-electron chi connectivity index (χ1n) is 8.12. The van der Waals surface area contributed by atoms with Crippen molar-refractivity contribution in [2.75, 3.05) is 26.7 Å². The van der Waals surface area contributed by atoms with E-state index in [0.29, 0.717) is 6.54 Å². The lowest BCUT2D eigenvalue weighted by atomic mass is 9.84. The predicted octanol–water partition coefficient (Wildman–Crippen LogP) is 3.80. The number of hydrogen-bond acceptors (Lipinski definition) is 2. The number of hydrogen-bond donors (Lipinski definition) is 1. The second kappa shape index (κ2) is 8.66. The number of carbonyl (C=O) groups excluding carboxylic acids is 1. The summed E-state index contributed by atoms with van der Waals surface area (Å²) in [5.74, 6) is 0.848. The summed E-state index contributed by atoms with van der Waals surface area (Å²) in [7, 11) is 1.66. The fourth-order valence-electron chi connectivity index (χ4n) is 2.41. The molecular weight excluding hydrogens is 276 g/mol. The molecule has 2 amide bonds. The highest BCUT2D eigenvalue weighted by atomic mass is 16.5. The molecule has 0 saturated carbocycles. The van der Waals surface area contributed by atoms with Gasteiger partial charge in [-0.25, -0.2) is 4.79 Å². The van der Waals surface area contributed by atoms with Crippen molar-refractivity contribution in [3.05, 3.63) is 29.8 Å². The molecule has 0 atom stereocenters. The highest BCUT2D eigenvalue weighted by Gasteiger charge is 2.22. The van der Waals surface area contributed by atoms with E-state index < -0.39 is 0 Å². The Balaban J connectivity index is 2.64. The highest BCUT2D eigenvalue weighted by molar-refractivity contribution is 5.74. The van der Waals surface area contributed by atoms with E-state index in [2.05, 4.69) is 45.1 Å². The summed E-state index contributed by atoms with van der Waals surface area (Å²) < 4.78 is 5.19. The lowest BCUT2D eigenvalue weighted by Gasteiger charge is -2.28. The molecule has 1 aromatic carbocycles. The maximum atomic E-state index is 12.3. The molecular formula is C18H30N2O2. The van der Waals surface area contributed by atoms with Crippen LogP contribution in [-0.2, 0) is 5.41 Å². The van der Waals surface area contributed by atoms with E-state index in [0.717, 1.165) is 31.7 Å². The molecule has 0 aliphatic heterocycles. The molecule has 0 fully saturated rings. The monoisotopic (exact) mass is 306 g/mol. The minimum Gasteiger partial charge on any atom is -0.497 e. The zero-order valence-corrected chi connectivity index (χ0v) is 14.6. The molecule has 0 bridgehead atoms. The van der Waals surface area contributed by atoms with Gasteiger partial charge >= 0.3 is 6.03 Å². The van der Waals surface area contributed by atoms with Crippen molar-refractivity contribution in [2.24, 2.45) is 0 Å². The Labute approximate surface area is 134 Å². The van der Waals surface area contributed by atoms with E-state index >= 15 is 0 Å². The molecule has 0 saturated heterocycles. The average Bonchev–Trinajstić information content (AvgIpc) is 2.52.